The zero-order valence-corrected chi connectivity index (χ0v) is 14.7. The molecule has 5 aromatic rings. The van der Waals surface area contributed by atoms with Gasteiger partial charge in [0.1, 0.15) is 11.2 Å². The summed E-state index contributed by atoms with van der Waals surface area (Å²) in [5.41, 5.74) is 6.52. The predicted molar refractivity (Wildman–Crippen MR) is 110 cm³/mol. The van der Waals surface area contributed by atoms with Gasteiger partial charge in [-0.05, 0) is 52.6 Å². The van der Waals surface area contributed by atoms with Crippen LogP contribution in [0.3, 0.4) is 0 Å². The van der Waals surface area contributed by atoms with Crippen molar-refractivity contribution in [2.75, 3.05) is 0 Å². The molecule has 1 aromatic heterocycles. The van der Waals surface area contributed by atoms with E-state index in [1.165, 1.54) is 16.7 Å². The van der Waals surface area contributed by atoms with E-state index in [0.29, 0.717) is 0 Å². The SMILES string of the molecule is Clc1ccc(-c2cccc(-c3cccc4oc5ccccc5c34)c2)cc1. The molecule has 0 bridgehead atoms. The zero-order chi connectivity index (χ0) is 17.5. The Labute approximate surface area is 156 Å². The van der Waals surface area contributed by atoms with Gasteiger partial charge in [-0.3, -0.25) is 0 Å². The molecular formula is C24H15ClO. The van der Waals surface area contributed by atoms with E-state index >= 15 is 0 Å². The minimum Gasteiger partial charge on any atom is -0.456 e. The van der Waals surface area contributed by atoms with E-state index in [0.717, 1.165) is 32.5 Å². The van der Waals surface area contributed by atoms with Crippen LogP contribution >= 0.6 is 11.6 Å². The molecule has 0 amide bonds. The summed E-state index contributed by atoms with van der Waals surface area (Å²) in [5, 5.41) is 3.06. The first-order valence-electron chi connectivity index (χ1n) is 8.56. The lowest BCUT2D eigenvalue weighted by Crippen LogP contribution is -1.82. The lowest BCUT2D eigenvalue weighted by atomic mass is 9.96. The van der Waals surface area contributed by atoms with Crippen molar-refractivity contribution >= 4 is 33.5 Å². The third-order valence-corrected chi connectivity index (χ3v) is 5.01. The lowest BCUT2D eigenvalue weighted by molar-refractivity contribution is 0.669. The molecule has 0 spiro atoms. The summed E-state index contributed by atoms with van der Waals surface area (Å²) >= 11 is 6.02. The molecule has 0 saturated heterocycles. The van der Waals surface area contributed by atoms with Crippen molar-refractivity contribution < 1.29 is 4.42 Å². The van der Waals surface area contributed by atoms with E-state index in [9.17, 15) is 0 Å². The van der Waals surface area contributed by atoms with Gasteiger partial charge in [0.05, 0.1) is 0 Å². The van der Waals surface area contributed by atoms with Crippen LogP contribution in [0.4, 0.5) is 0 Å². The second kappa shape index (κ2) is 6.05. The van der Waals surface area contributed by atoms with Crippen molar-refractivity contribution in [1.82, 2.24) is 0 Å². The molecule has 0 fully saturated rings. The maximum Gasteiger partial charge on any atom is 0.136 e. The van der Waals surface area contributed by atoms with Crippen LogP contribution in [-0.4, -0.2) is 0 Å². The number of para-hydroxylation sites is 1. The van der Waals surface area contributed by atoms with Crippen LogP contribution in [0.15, 0.2) is 95.4 Å². The Morgan fingerprint density at radius 1 is 0.577 bits per heavy atom. The normalized spacial score (nSPS) is 11.3. The molecule has 0 aliphatic heterocycles. The molecule has 0 unspecified atom stereocenters. The summed E-state index contributed by atoms with van der Waals surface area (Å²) in [5.74, 6) is 0. The molecule has 0 atom stereocenters. The number of furan rings is 1. The highest BCUT2D eigenvalue weighted by Gasteiger charge is 2.12. The highest BCUT2D eigenvalue weighted by atomic mass is 35.5. The summed E-state index contributed by atoms with van der Waals surface area (Å²) in [7, 11) is 0. The minimum absolute atomic E-state index is 0.750. The van der Waals surface area contributed by atoms with Gasteiger partial charge in [-0.1, -0.05) is 72.3 Å². The predicted octanol–water partition coefficient (Wildman–Crippen LogP) is 7.57. The molecule has 26 heavy (non-hydrogen) atoms. The molecular weight excluding hydrogens is 340 g/mol. The van der Waals surface area contributed by atoms with Gasteiger partial charge in [0.25, 0.3) is 0 Å². The number of hydrogen-bond donors (Lipinski definition) is 0. The molecule has 0 aliphatic carbocycles. The van der Waals surface area contributed by atoms with E-state index in [1.54, 1.807) is 0 Å². The largest absolute Gasteiger partial charge is 0.456 e. The standard InChI is InChI=1S/C24H15ClO/c25-19-13-11-16(12-14-19)17-5-3-6-18(15-17)20-8-4-10-23-24(20)21-7-1-2-9-22(21)26-23/h1-15H. The van der Waals surface area contributed by atoms with Gasteiger partial charge in [0.2, 0.25) is 0 Å². The van der Waals surface area contributed by atoms with Crippen molar-refractivity contribution in [3.63, 3.8) is 0 Å². The Bertz CT molecular complexity index is 1230. The van der Waals surface area contributed by atoms with Crippen molar-refractivity contribution in [2.45, 2.75) is 0 Å². The smallest absolute Gasteiger partial charge is 0.136 e. The third kappa shape index (κ3) is 2.49. The van der Waals surface area contributed by atoms with Gasteiger partial charge in [-0.2, -0.15) is 0 Å². The fraction of sp³-hybridized carbons (Fsp3) is 0. The number of hydrogen-bond acceptors (Lipinski definition) is 1. The van der Waals surface area contributed by atoms with Gasteiger partial charge in [0, 0.05) is 15.8 Å². The van der Waals surface area contributed by atoms with E-state index in [2.05, 4.69) is 60.7 Å². The Morgan fingerprint density at radius 3 is 2.19 bits per heavy atom. The Balaban J connectivity index is 1.73. The Morgan fingerprint density at radius 2 is 1.31 bits per heavy atom. The number of rotatable bonds is 2. The van der Waals surface area contributed by atoms with E-state index in [-0.39, 0.29) is 0 Å². The van der Waals surface area contributed by atoms with Crippen LogP contribution < -0.4 is 0 Å². The molecule has 1 nitrogen and oxygen atoms in total. The van der Waals surface area contributed by atoms with E-state index < -0.39 is 0 Å². The van der Waals surface area contributed by atoms with Crippen LogP contribution in [0, 0.1) is 0 Å². The second-order valence-electron chi connectivity index (χ2n) is 6.36. The summed E-state index contributed by atoms with van der Waals surface area (Å²) < 4.78 is 6.03. The molecule has 4 aromatic carbocycles. The van der Waals surface area contributed by atoms with Crippen LogP contribution in [-0.2, 0) is 0 Å². The fourth-order valence-electron chi connectivity index (χ4n) is 3.52. The zero-order valence-electron chi connectivity index (χ0n) is 13.9. The molecule has 124 valence electrons. The van der Waals surface area contributed by atoms with Gasteiger partial charge in [-0.25, -0.2) is 0 Å². The van der Waals surface area contributed by atoms with Crippen molar-refractivity contribution in [3.8, 4) is 22.3 Å². The third-order valence-electron chi connectivity index (χ3n) is 4.75. The van der Waals surface area contributed by atoms with E-state index in [4.69, 9.17) is 16.0 Å². The first-order valence-corrected chi connectivity index (χ1v) is 8.94. The maximum atomic E-state index is 6.03. The summed E-state index contributed by atoms with van der Waals surface area (Å²) in [4.78, 5) is 0. The first-order chi connectivity index (χ1) is 12.8. The second-order valence-corrected chi connectivity index (χ2v) is 6.80. The van der Waals surface area contributed by atoms with Crippen LogP contribution in [0.2, 0.25) is 5.02 Å². The highest BCUT2D eigenvalue weighted by Crippen LogP contribution is 2.37. The van der Waals surface area contributed by atoms with Gasteiger partial charge in [-0.15, -0.1) is 0 Å². The van der Waals surface area contributed by atoms with Gasteiger partial charge < -0.3 is 4.42 Å². The van der Waals surface area contributed by atoms with Crippen molar-refractivity contribution in [2.24, 2.45) is 0 Å². The van der Waals surface area contributed by atoms with Crippen LogP contribution in [0.1, 0.15) is 0 Å². The molecule has 0 aliphatic rings. The van der Waals surface area contributed by atoms with Crippen molar-refractivity contribution in [3.05, 3.63) is 96.0 Å². The highest BCUT2D eigenvalue weighted by molar-refractivity contribution is 6.30. The molecule has 0 N–H and O–H groups in total. The van der Waals surface area contributed by atoms with Gasteiger partial charge >= 0.3 is 0 Å². The maximum absolute atomic E-state index is 6.03. The summed E-state index contributed by atoms with van der Waals surface area (Å²) in [6, 6.07) is 31.0. The number of fused-ring (bicyclic) bond motifs is 3. The molecule has 2 heteroatoms. The molecule has 0 radical (unpaired) electrons. The average Bonchev–Trinajstić information content (AvgIpc) is 3.07. The number of benzene rings is 4. The van der Waals surface area contributed by atoms with Crippen LogP contribution in [0.25, 0.3) is 44.2 Å². The minimum atomic E-state index is 0.750. The Kier molecular flexibility index (Phi) is 3.55. The van der Waals surface area contributed by atoms with E-state index in [1.807, 2.05) is 30.3 Å². The molecule has 1 heterocycles. The Hall–Kier alpha value is -3.03. The fourth-order valence-corrected chi connectivity index (χ4v) is 3.65. The lowest BCUT2D eigenvalue weighted by Gasteiger charge is -2.08. The first kappa shape index (κ1) is 15.2. The summed E-state index contributed by atoms with van der Waals surface area (Å²) in [6.45, 7) is 0. The van der Waals surface area contributed by atoms with Gasteiger partial charge in [0.15, 0.2) is 0 Å². The monoisotopic (exact) mass is 354 g/mol. The summed E-state index contributed by atoms with van der Waals surface area (Å²) in [6.07, 6.45) is 0. The van der Waals surface area contributed by atoms with Crippen molar-refractivity contribution in [1.29, 1.82) is 0 Å². The average molecular weight is 355 g/mol. The van der Waals surface area contributed by atoms with Crippen LogP contribution in [0.5, 0.6) is 0 Å². The topological polar surface area (TPSA) is 13.1 Å². The molecule has 5 rings (SSSR count). The molecule has 0 saturated carbocycles. The quantitative estimate of drug-likeness (QED) is 0.318. The number of halogens is 1.